The number of nitrogens with zero attached hydrogens (tertiary/aromatic N) is 3. The molecule has 0 spiro atoms. The molecule has 0 N–H and O–H groups in total. The van der Waals surface area contributed by atoms with Crippen molar-refractivity contribution in [3.05, 3.63) is 54.4 Å². The Bertz CT molecular complexity index is 717. The summed E-state index contributed by atoms with van der Waals surface area (Å²) < 4.78 is 5.20. The summed E-state index contributed by atoms with van der Waals surface area (Å²) in [5.74, 6) is 1.64. The first-order chi connectivity index (χ1) is 11.7. The van der Waals surface area contributed by atoms with Gasteiger partial charge in [0.1, 0.15) is 5.75 Å². The number of pyridine rings is 1. The molecule has 5 heteroatoms. The van der Waals surface area contributed by atoms with E-state index < -0.39 is 0 Å². The maximum atomic E-state index is 12.7. The molecule has 2 aliphatic heterocycles. The van der Waals surface area contributed by atoms with E-state index in [-0.39, 0.29) is 11.8 Å². The van der Waals surface area contributed by atoms with Crippen molar-refractivity contribution in [1.29, 1.82) is 0 Å². The van der Waals surface area contributed by atoms with E-state index in [1.807, 2.05) is 29.2 Å². The van der Waals surface area contributed by atoms with Gasteiger partial charge >= 0.3 is 0 Å². The second-order valence-corrected chi connectivity index (χ2v) is 6.57. The fourth-order valence-corrected chi connectivity index (χ4v) is 3.81. The Labute approximate surface area is 141 Å². The summed E-state index contributed by atoms with van der Waals surface area (Å²) in [5, 5.41) is 0. The largest absolute Gasteiger partial charge is 0.497 e. The topological polar surface area (TPSA) is 45.7 Å². The normalized spacial score (nSPS) is 23.5. The highest BCUT2D eigenvalue weighted by molar-refractivity contribution is 5.97. The van der Waals surface area contributed by atoms with Crippen LogP contribution in [0.25, 0.3) is 0 Å². The summed E-state index contributed by atoms with van der Waals surface area (Å²) >= 11 is 0. The molecule has 1 amide bonds. The first kappa shape index (κ1) is 15.1. The third kappa shape index (κ3) is 2.76. The van der Waals surface area contributed by atoms with Crippen molar-refractivity contribution in [3.63, 3.8) is 0 Å². The van der Waals surface area contributed by atoms with Crippen LogP contribution in [0.3, 0.4) is 0 Å². The Hall–Kier alpha value is -2.40. The SMILES string of the molecule is COc1ccc(CN2C[C@@H]3CN(c4cccnc4)C(=O)[C@@H]3C2)cc1. The number of likely N-dealkylation sites (tertiary alicyclic amines) is 1. The number of rotatable bonds is 4. The van der Waals surface area contributed by atoms with E-state index in [2.05, 4.69) is 22.0 Å². The number of methoxy groups -OCH3 is 1. The van der Waals surface area contributed by atoms with Crippen LogP contribution in [0.1, 0.15) is 5.56 Å². The lowest BCUT2D eigenvalue weighted by Crippen LogP contribution is -2.32. The number of hydrogen-bond donors (Lipinski definition) is 0. The van der Waals surface area contributed by atoms with Crippen LogP contribution in [-0.2, 0) is 11.3 Å². The molecule has 0 radical (unpaired) electrons. The molecule has 0 unspecified atom stereocenters. The number of amides is 1. The minimum absolute atomic E-state index is 0.114. The van der Waals surface area contributed by atoms with Crippen molar-refractivity contribution in [2.75, 3.05) is 31.6 Å². The Balaban J connectivity index is 1.40. The van der Waals surface area contributed by atoms with E-state index in [0.29, 0.717) is 5.92 Å². The molecular weight excluding hydrogens is 302 g/mol. The van der Waals surface area contributed by atoms with Crippen molar-refractivity contribution in [2.45, 2.75) is 6.54 Å². The molecule has 24 heavy (non-hydrogen) atoms. The molecule has 1 aromatic heterocycles. The van der Waals surface area contributed by atoms with Gasteiger partial charge in [0.25, 0.3) is 0 Å². The minimum atomic E-state index is 0.114. The third-order valence-corrected chi connectivity index (χ3v) is 5.04. The third-order valence-electron chi connectivity index (χ3n) is 5.04. The van der Waals surface area contributed by atoms with Gasteiger partial charge in [-0.15, -0.1) is 0 Å². The van der Waals surface area contributed by atoms with Crippen LogP contribution in [0, 0.1) is 11.8 Å². The van der Waals surface area contributed by atoms with Gasteiger partial charge in [0, 0.05) is 38.3 Å². The van der Waals surface area contributed by atoms with Crippen molar-refractivity contribution in [1.82, 2.24) is 9.88 Å². The molecule has 2 aliphatic rings. The van der Waals surface area contributed by atoms with Crippen molar-refractivity contribution < 1.29 is 9.53 Å². The van der Waals surface area contributed by atoms with Crippen LogP contribution >= 0.6 is 0 Å². The lowest BCUT2D eigenvalue weighted by Gasteiger charge is -2.21. The standard InChI is InChI=1S/C19H21N3O2/c1-24-17-6-4-14(5-7-17)10-21-11-15-12-22(19(23)18(15)13-21)16-3-2-8-20-9-16/h2-9,15,18H,10-13H2,1H3/t15-,18-/m1/s1. The van der Waals surface area contributed by atoms with Crippen LogP contribution in [0.15, 0.2) is 48.8 Å². The maximum absolute atomic E-state index is 12.7. The highest BCUT2D eigenvalue weighted by Crippen LogP contribution is 2.35. The zero-order chi connectivity index (χ0) is 16.5. The summed E-state index contributed by atoms with van der Waals surface area (Å²) in [6, 6.07) is 12.0. The van der Waals surface area contributed by atoms with E-state index >= 15 is 0 Å². The Morgan fingerprint density at radius 2 is 2.00 bits per heavy atom. The van der Waals surface area contributed by atoms with Crippen LogP contribution in [0.4, 0.5) is 5.69 Å². The fraction of sp³-hybridized carbons (Fsp3) is 0.368. The predicted octanol–water partition coefficient (Wildman–Crippen LogP) is 2.18. The van der Waals surface area contributed by atoms with Gasteiger partial charge in [0.05, 0.1) is 24.9 Å². The molecule has 2 fully saturated rings. The Kier molecular flexibility index (Phi) is 3.94. The van der Waals surface area contributed by atoms with Gasteiger partial charge in [0.2, 0.25) is 5.91 Å². The highest BCUT2D eigenvalue weighted by Gasteiger charge is 2.46. The van der Waals surface area contributed by atoms with Crippen LogP contribution in [-0.4, -0.2) is 42.5 Å². The quantitative estimate of drug-likeness (QED) is 0.865. The number of benzene rings is 1. The molecule has 0 saturated carbocycles. The number of hydrogen-bond acceptors (Lipinski definition) is 4. The predicted molar refractivity (Wildman–Crippen MR) is 91.8 cm³/mol. The number of ether oxygens (including phenoxy) is 1. The van der Waals surface area contributed by atoms with E-state index in [0.717, 1.165) is 37.6 Å². The zero-order valence-electron chi connectivity index (χ0n) is 13.8. The number of carbonyl (C=O) groups is 1. The van der Waals surface area contributed by atoms with Gasteiger partial charge < -0.3 is 9.64 Å². The molecule has 2 saturated heterocycles. The Morgan fingerprint density at radius 3 is 2.67 bits per heavy atom. The zero-order valence-corrected chi connectivity index (χ0v) is 13.8. The van der Waals surface area contributed by atoms with E-state index in [1.54, 1.807) is 19.5 Å². The first-order valence-corrected chi connectivity index (χ1v) is 8.31. The second-order valence-electron chi connectivity index (χ2n) is 6.57. The molecule has 2 aromatic rings. The number of carbonyl (C=O) groups excluding carboxylic acids is 1. The highest BCUT2D eigenvalue weighted by atomic mass is 16.5. The fourth-order valence-electron chi connectivity index (χ4n) is 3.81. The number of anilines is 1. The van der Waals surface area contributed by atoms with Gasteiger partial charge in [-0.05, 0) is 29.8 Å². The molecule has 4 rings (SSSR count). The van der Waals surface area contributed by atoms with E-state index in [9.17, 15) is 4.79 Å². The van der Waals surface area contributed by atoms with Crippen molar-refractivity contribution >= 4 is 11.6 Å². The maximum Gasteiger partial charge on any atom is 0.231 e. The number of fused-ring (bicyclic) bond motifs is 1. The molecule has 1 aromatic carbocycles. The van der Waals surface area contributed by atoms with Crippen molar-refractivity contribution in [2.24, 2.45) is 11.8 Å². The first-order valence-electron chi connectivity index (χ1n) is 8.31. The summed E-state index contributed by atoms with van der Waals surface area (Å²) in [4.78, 5) is 21.1. The van der Waals surface area contributed by atoms with Gasteiger partial charge in [-0.3, -0.25) is 14.7 Å². The molecule has 2 atom stereocenters. The smallest absolute Gasteiger partial charge is 0.231 e. The van der Waals surface area contributed by atoms with E-state index in [4.69, 9.17) is 4.74 Å². The van der Waals surface area contributed by atoms with Crippen molar-refractivity contribution in [3.8, 4) is 5.75 Å². The lowest BCUT2D eigenvalue weighted by atomic mass is 10.0. The Morgan fingerprint density at radius 1 is 1.17 bits per heavy atom. The van der Waals surface area contributed by atoms with Crippen LogP contribution in [0.5, 0.6) is 5.75 Å². The van der Waals surface area contributed by atoms with Gasteiger partial charge in [-0.2, -0.15) is 0 Å². The van der Waals surface area contributed by atoms with Gasteiger partial charge in [0.15, 0.2) is 0 Å². The van der Waals surface area contributed by atoms with Gasteiger partial charge in [-0.1, -0.05) is 12.1 Å². The van der Waals surface area contributed by atoms with E-state index in [1.165, 1.54) is 5.56 Å². The molecule has 0 bridgehead atoms. The molecule has 0 aliphatic carbocycles. The van der Waals surface area contributed by atoms with Gasteiger partial charge in [-0.25, -0.2) is 0 Å². The summed E-state index contributed by atoms with van der Waals surface area (Å²) in [6.45, 7) is 3.50. The molecule has 3 heterocycles. The number of aromatic nitrogens is 1. The average molecular weight is 323 g/mol. The average Bonchev–Trinajstić information content (AvgIpc) is 3.15. The van der Waals surface area contributed by atoms with Crippen LogP contribution in [0.2, 0.25) is 0 Å². The summed E-state index contributed by atoms with van der Waals surface area (Å²) in [5.41, 5.74) is 2.17. The van der Waals surface area contributed by atoms with Crippen LogP contribution < -0.4 is 9.64 Å². The monoisotopic (exact) mass is 323 g/mol. The lowest BCUT2D eigenvalue weighted by molar-refractivity contribution is -0.120. The molecule has 124 valence electrons. The molecular formula is C19H21N3O2. The minimum Gasteiger partial charge on any atom is -0.497 e. The molecule has 5 nitrogen and oxygen atoms in total. The summed E-state index contributed by atoms with van der Waals surface area (Å²) in [6.07, 6.45) is 3.51. The summed E-state index contributed by atoms with van der Waals surface area (Å²) in [7, 11) is 1.68. The second kappa shape index (κ2) is 6.24.